The summed E-state index contributed by atoms with van der Waals surface area (Å²) < 4.78 is 40.4. The zero-order valence-electron chi connectivity index (χ0n) is 11.4. The first-order chi connectivity index (χ1) is 9.94. The molecule has 3 nitrogen and oxygen atoms in total. The highest BCUT2D eigenvalue weighted by Gasteiger charge is 2.31. The van der Waals surface area contributed by atoms with E-state index in [0.717, 1.165) is 5.69 Å². The van der Waals surface area contributed by atoms with Crippen molar-refractivity contribution in [2.75, 3.05) is 0 Å². The fourth-order valence-electron chi connectivity index (χ4n) is 1.86. The lowest BCUT2D eigenvalue weighted by molar-refractivity contribution is -0.274. The number of ether oxygens (including phenoxy) is 1. The molecule has 0 aliphatic carbocycles. The fourth-order valence-corrected chi connectivity index (χ4v) is 1.86. The SMILES string of the molecule is C[C@@H](NCc1cccc(OC(F)(F)F)c1)c1ccccn1. The lowest BCUT2D eigenvalue weighted by Crippen LogP contribution is -2.19. The predicted molar refractivity (Wildman–Crippen MR) is 72.6 cm³/mol. The molecule has 1 atom stereocenters. The molecular weight excluding hydrogens is 281 g/mol. The van der Waals surface area contributed by atoms with Crippen molar-refractivity contribution in [1.29, 1.82) is 0 Å². The Morgan fingerprint density at radius 2 is 2.00 bits per heavy atom. The maximum absolute atomic E-state index is 12.2. The van der Waals surface area contributed by atoms with E-state index in [-0.39, 0.29) is 11.8 Å². The van der Waals surface area contributed by atoms with E-state index in [9.17, 15) is 13.2 Å². The smallest absolute Gasteiger partial charge is 0.406 e. The molecule has 0 unspecified atom stereocenters. The van der Waals surface area contributed by atoms with Crippen molar-refractivity contribution in [1.82, 2.24) is 10.3 Å². The van der Waals surface area contributed by atoms with Crippen molar-refractivity contribution in [3.05, 3.63) is 59.9 Å². The first-order valence-electron chi connectivity index (χ1n) is 6.43. The van der Waals surface area contributed by atoms with Gasteiger partial charge >= 0.3 is 6.36 Å². The highest BCUT2D eigenvalue weighted by atomic mass is 19.4. The standard InChI is InChI=1S/C15H15F3N2O/c1-11(14-7-2-3-8-19-14)20-10-12-5-4-6-13(9-12)21-15(16,17)18/h2-9,11,20H,10H2,1H3/t11-/m1/s1. The topological polar surface area (TPSA) is 34.1 Å². The molecule has 0 amide bonds. The quantitative estimate of drug-likeness (QED) is 0.910. The summed E-state index contributed by atoms with van der Waals surface area (Å²) in [5.74, 6) is -0.215. The van der Waals surface area contributed by atoms with Gasteiger partial charge < -0.3 is 10.1 Å². The van der Waals surface area contributed by atoms with Crippen LogP contribution in [0.1, 0.15) is 24.2 Å². The Labute approximate surface area is 120 Å². The van der Waals surface area contributed by atoms with Gasteiger partial charge in [0.05, 0.1) is 5.69 Å². The van der Waals surface area contributed by atoms with E-state index in [0.29, 0.717) is 12.1 Å². The molecule has 112 valence electrons. The van der Waals surface area contributed by atoms with E-state index in [1.54, 1.807) is 12.3 Å². The van der Waals surface area contributed by atoms with Gasteiger partial charge in [-0.05, 0) is 36.8 Å². The van der Waals surface area contributed by atoms with E-state index in [4.69, 9.17) is 0 Å². The molecule has 1 aromatic heterocycles. The van der Waals surface area contributed by atoms with Gasteiger partial charge in [-0.2, -0.15) is 0 Å². The summed E-state index contributed by atoms with van der Waals surface area (Å²) in [6.07, 6.45) is -2.97. The lowest BCUT2D eigenvalue weighted by Gasteiger charge is -2.14. The van der Waals surface area contributed by atoms with E-state index in [1.165, 1.54) is 18.2 Å². The van der Waals surface area contributed by atoms with Crippen LogP contribution >= 0.6 is 0 Å². The summed E-state index contributed by atoms with van der Waals surface area (Å²) >= 11 is 0. The number of halogens is 3. The molecule has 1 aromatic carbocycles. The van der Waals surface area contributed by atoms with Crippen LogP contribution in [0, 0.1) is 0 Å². The molecule has 1 heterocycles. The van der Waals surface area contributed by atoms with Gasteiger partial charge in [-0.3, -0.25) is 4.98 Å². The summed E-state index contributed by atoms with van der Waals surface area (Å²) in [6, 6.07) is 11.5. The molecule has 1 N–H and O–H groups in total. The molecule has 0 radical (unpaired) electrons. The van der Waals surface area contributed by atoms with Crippen LogP contribution in [0.2, 0.25) is 0 Å². The van der Waals surface area contributed by atoms with Crippen LogP contribution in [-0.2, 0) is 6.54 Å². The van der Waals surface area contributed by atoms with E-state index < -0.39 is 6.36 Å². The maximum atomic E-state index is 12.2. The summed E-state index contributed by atoms with van der Waals surface area (Å²) in [6.45, 7) is 2.37. The Balaban J connectivity index is 1.96. The van der Waals surface area contributed by atoms with Crippen molar-refractivity contribution < 1.29 is 17.9 Å². The third kappa shape index (κ3) is 5.07. The Morgan fingerprint density at radius 1 is 1.19 bits per heavy atom. The highest BCUT2D eigenvalue weighted by molar-refractivity contribution is 5.28. The van der Waals surface area contributed by atoms with Crippen LogP contribution in [0.4, 0.5) is 13.2 Å². The second kappa shape index (κ2) is 6.58. The highest BCUT2D eigenvalue weighted by Crippen LogP contribution is 2.23. The molecule has 0 fully saturated rings. The molecular formula is C15H15F3N2O. The van der Waals surface area contributed by atoms with Crippen molar-refractivity contribution in [2.45, 2.75) is 25.9 Å². The molecule has 6 heteroatoms. The molecule has 0 aliphatic rings. The summed E-state index contributed by atoms with van der Waals surface area (Å²) in [5, 5.41) is 3.21. The number of nitrogens with zero attached hydrogens (tertiary/aromatic N) is 1. The molecule has 2 rings (SSSR count). The van der Waals surface area contributed by atoms with E-state index in [1.807, 2.05) is 25.1 Å². The van der Waals surface area contributed by atoms with Gasteiger partial charge in [0.2, 0.25) is 0 Å². The molecule has 0 aliphatic heterocycles. The van der Waals surface area contributed by atoms with Gasteiger partial charge in [-0.25, -0.2) is 0 Å². The largest absolute Gasteiger partial charge is 0.573 e. The van der Waals surface area contributed by atoms with Gasteiger partial charge in [-0.1, -0.05) is 18.2 Å². The number of pyridine rings is 1. The third-order valence-corrected chi connectivity index (χ3v) is 2.88. The molecule has 2 aromatic rings. The number of alkyl halides is 3. The average Bonchev–Trinajstić information content (AvgIpc) is 2.44. The Kier molecular flexibility index (Phi) is 4.80. The van der Waals surface area contributed by atoms with Crippen LogP contribution in [0.3, 0.4) is 0 Å². The molecule has 21 heavy (non-hydrogen) atoms. The van der Waals surface area contributed by atoms with Crippen molar-refractivity contribution >= 4 is 0 Å². The summed E-state index contributed by atoms with van der Waals surface area (Å²) in [7, 11) is 0. The minimum absolute atomic E-state index is 0.00149. The third-order valence-electron chi connectivity index (χ3n) is 2.88. The second-order valence-electron chi connectivity index (χ2n) is 4.55. The predicted octanol–water partition coefficient (Wildman–Crippen LogP) is 3.83. The van der Waals surface area contributed by atoms with Gasteiger partial charge in [0.1, 0.15) is 5.75 Å². The van der Waals surface area contributed by atoms with Crippen LogP contribution in [0.25, 0.3) is 0 Å². The van der Waals surface area contributed by atoms with Crippen LogP contribution in [-0.4, -0.2) is 11.3 Å². The number of hydrogen-bond acceptors (Lipinski definition) is 3. The zero-order chi connectivity index (χ0) is 15.3. The zero-order valence-corrected chi connectivity index (χ0v) is 11.4. The van der Waals surface area contributed by atoms with E-state index in [2.05, 4.69) is 15.0 Å². The number of aromatic nitrogens is 1. The number of hydrogen-bond donors (Lipinski definition) is 1. The minimum Gasteiger partial charge on any atom is -0.406 e. The second-order valence-corrected chi connectivity index (χ2v) is 4.55. The Hall–Kier alpha value is -2.08. The fraction of sp³-hybridized carbons (Fsp3) is 0.267. The number of benzene rings is 1. The summed E-state index contributed by atoms with van der Waals surface area (Å²) in [4.78, 5) is 4.22. The van der Waals surface area contributed by atoms with Crippen LogP contribution in [0.15, 0.2) is 48.7 Å². The number of rotatable bonds is 5. The van der Waals surface area contributed by atoms with Crippen molar-refractivity contribution in [3.63, 3.8) is 0 Å². The van der Waals surface area contributed by atoms with Gasteiger partial charge in [0.25, 0.3) is 0 Å². The molecule has 0 spiro atoms. The lowest BCUT2D eigenvalue weighted by atomic mass is 10.1. The number of nitrogens with one attached hydrogen (secondary N) is 1. The van der Waals surface area contributed by atoms with E-state index >= 15 is 0 Å². The van der Waals surface area contributed by atoms with Gasteiger partial charge in [0, 0.05) is 18.8 Å². The average molecular weight is 296 g/mol. The first-order valence-corrected chi connectivity index (χ1v) is 6.43. The normalized spacial score (nSPS) is 13.0. The van der Waals surface area contributed by atoms with Crippen LogP contribution < -0.4 is 10.1 Å². The van der Waals surface area contributed by atoms with Crippen LogP contribution in [0.5, 0.6) is 5.75 Å². The minimum atomic E-state index is -4.67. The molecule has 0 bridgehead atoms. The monoisotopic (exact) mass is 296 g/mol. The Morgan fingerprint density at radius 3 is 2.67 bits per heavy atom. The van der Waals surface area contributed by atoms with Gasteiger partial charge in [-0.15, -0.1) is 13.2 Å². The Bertz CT molecular complexity index is 573. The van der Waals surface area contributed by atoms with Crippen molar-refractivity contribution in [2.24, 2.45) is 0 Å². The maximum Gasteiger partial charge on any atom is 0.573 e. The summed E-state index contributed by atoms with van der Waals surface area (Å²) in [5.41, 5.74) is 1.58. The molecule has 0 saturated carbocycles. The molecule has 0 saturated heterocycles. The first kappa shape index (κ1) is 15.3. The van der Waals surface area contributed by atoms with Gasteiger partial charge in [0.15, 0.2) is 0 Å². The van der Waals surface area contributed by atoms with Crippen molar-refractivity contribution in [3.8, 4) is 5.75 Å².